The number of hydrogen-bond acceptors (Lipinski definition) is 8. The molecule has 2 aliphatic carbocycles. The maximum Gasteiger partial charge on any atom is 0.340 e. The Morgan fingerprint density at radius 3 is 2.71 bits per heavy atom. The molecule has 6 rings (SSSR count). The Bertz CT molecular complexity index is 1310. The summed E-state index contributed by atoms with van der Waals surface area (Å²) in [7, 11) is 0. The average molecular weight is 460 g/mol. The van der Waals surface area contributed by atoms with Gasteiger partial charge < -0.3 is 20.5 Å². The fourth-order valence-electron chi connectivity index (χ4n) is 4.77. The Hall–Kier alpha value is -3.26. The second-order valence-corrected chi connectivity index (χ2v) is 10.1. The van der Waals surface area contributed by atoms with Crippen LogP contribution in [0.2, 0.25) is 0 Å². The quantitative estimate of drug-likeness (QED) is 0.519. The number of esters is 1. The van der Waals surface area contributed by atoms with Crippen molar-refractivity contribution in [3.8, 4) is 5.88 Å². The molecule has 8 nitrogen and oxygen atoms in total. The third-order valence-corrected chi connectivity index (χ3v) is 7.58. The predicted molar refractivity (Wildman–Crippen MR) is 128 cm³/mol. The number of fused-ring (bicyclic) bond motifs is 3. The number of pyridine rings is 3. The zero-order chi connectivity index (χ0) is 23.7. The summed E-state index contributed by atoms with van der Waals surface area (Å²) in [6.07, 6.45) is 8.52. The third-order valence-electron chi connectivity index (χ3n) is 7.58. The number of anilines is 2. The standard InChI is InChI=1S/C26H29N5O3/c1-4-25(3,27)19-13-29-23(34-15-5-6-15)18-12-28-21(11-17(18)19)30-20-8-7-16-22(31-20)26(9-10-26)14(2)33-24(16)32/h7-8,11-15H,4-6,9-10,27H2,1-3H3,(H,28,30,31)/t14-,25?/m0/s1. The van der Waals surface area contributed by atoms with Crippen molar-refractivity contribution in [3.63, 3.8) is 0 Å². The van der Waals surface area contributed by atoms with Gasteiger partial charge in [0.1, 0.15) is 23.8 Å². The Morgan fingerprint density at radius 1 is 1.21 bits per heavy atom. The maximum atomic E-state index is 12.4. The minimum Gasteiger partial charge on any atom is -0.474 e. The number of carbonyl (C=O) groups excluding carboxylic acids is 1. The van der Waals surface area contributed by atoms with Gasteiger partial charge in [-0.05, 0) is 75.1 Å². The first-order valence-corrected chi connectivity index (χ1v) is 12.0. The van der Waals surface area contributed by atoms with Crippen molar-refractivity contribution in [3.05, 3.63) is 47.4 Å². The normalized spacial score (nSPS) is 22.1. The molecule has 2 fully saturated rings. The summed E-state index contributed by atoms with van der Waals surface area (Å²) in [5, 5.41) is 5.15. The summed E-state index contributed by atoms with van der Waals surface area (Å²) >= 11 is 0. The minimum absolute atomic E-state index is 0.159. The molecule has 0 saturated heterocycles. The van der Waals surface area contributed by atoms with E-state index in [1.165, 1.54) is 0 Å². The number of nitrogens with two attached hydrogens (primary N) is 1. The van der Waals surface area contributed by atoms with E-state index in [-0.39, 0.29) is 23.6 Å². The summed E-state index contributed by atoms with van der Waals surface area (Å²) in [6.45, 7) is 6.03. The fourth-order valence-corrected chi connectivity index (χ4v) is 4.77. The number of hydrogen-bond donors (Lipinski definition) is 2. The molecule has 8 heteroatoms. The van der Waals surface area contributed by atoms with Crippen molar-refractivity contribution in [1.29, 1.82) is 0 Å². The summed E-state index contributed by atoms with van der Waals surface area (Å²) < 4.78 is 11.6. The summed E-state index contributed by atoms with van der Waals surface area (Å²) in [5.41, 5.74) is 8.27. The molecule has 3 N–H and O–H groups in total. The molecule has 3 aromatic heterocycles. The summed E-state index contributed by atoms with van der Waals surface area (Å²) in [6, 6.07) is 5.58. The Labute approximate surface area is 198 Å². The molecule has 1 unspecified atom stereocenters. The van der Waals surface area contributed by atoms with Gasteiger partial charge in [-0.15, -0.1) is 0 Å². The van der Waals surface area contributed by atoms with Crippen LogP contribution in [0.3, 0.4) is 0 Å². The lowest BCUT2D eigenvalue weighted by Crippen LogP contribution is -2.36. The Morgan fingerprint density at radius 2 is 2.00 bits per heavy atom. The SMILES string of the molecule is CCC(C)(N)c1cnc(OC2CC2)c2cnc(Nc3ccc4c(n3)C3(CC3)[C@H](C)OC4=O)cc12. The van der Waals surface area contributed by atoms with E-state index in [0.29, 0.717) is 23.1 Å². The highest BCUT2D eigenvalue weighted by atomic mass is 16.5. The van der Waals surface area contributed by atoms with Crippen LogP contribution in [-0.4, -0.2) is 33.1 Å². The lowest BCUT2D eigenvalue weighted by Gasteiger charge is -2.30. The van der Waals surface area contributed by atoms with Crippen molar-refractivity contribution in [2.45, 2.75) is 76.0 Å². The molecule has 2 atom stereocenters. The number of rotatable bonds is 6. The molecule has 4 heterocycles. The first-order chi connectivity index (χ1) is 16.3. The Kier molecular flexibility index (Phi) is 4.61. The van der Waals surface area contributed by atoms with Gasteiger partial charge in [0.2, 0.25) is 5.88 Å². The van der Waals surface area contributed by atoms with Gasteiger partial charge in [-0.1, -0.05) is 6.92 Å². The number of ether oxygens (including phenoxy) is 2. The van der Waals surface area contributed by atoms with Crippen LogP contribution in [0.15, 0.2) is 30.6 Å². The van der Waals surface area contributed by atoms with Crippen LogP contribution >= 0.6 is 0 Å². The zero-order valence-electron chi connectivity index (χ0n) is 19.7. The van der Waals surface area contributed by atoms with E-state index >= 15 is 0 Å². The number of cyclic esters (lactones) is 1. The van der Waals surface area contributed by atoms with Crippen LogP contribution in [0.1, 0.15) is 74.5 Å². The maximum absolute atomic E-state index is 12.4. The molecule has 1 aliphatic heterocycles. The first kappa shape index (κ1) is 21.3. The van der Waals surface area contributed by atoms with Crippen LogP contribution < -0.4 is 15.8 Å². The summed E-state index contributed by atoms with van der Waals surface area (Å²) in [5.74, 6) is 1.59. The number of carbonyl (C=O) groups is 1. The Balaban J connectivity index is 1.40. The van der Waals surface area contributed by atoms with Crippen molar-refractivity contribution < 1.29 is 14.3 Å². The van der Waals surface area contributed by atoms with Gasteiger partial charge in [-0.2, -0.15) is 0 Å². The monoisotopic (exact) mass is 459 g/mol. The first-order valence-electron chi connectivity index (χ1n) is 12.0. The summed E-state index contributed by atoms with van der Waals surface area (Å²) in [4.78, 5) is 26.4. The van der Waals surface area contributed by atoms with Gasteiger partial charge in [-0.25, -0.2) is 19.7 Å². The van der Waals surface area contributed by atoms with Crippen molar-refractivity contribution in [2.24, 2.45) is 5.73 Å². The van der Waals surface area contributed by atoms with Gasteiger partial charge in [0, 0.05) is 17.9 Å². The van der Waals surface area contributed by atoms with Crippen molar-refractivity contribution in [1.82, 2.24) is 15.0 Å². The fraction of sp³-hybridized carbons (Fsp3) is 0.462. The topological polar surface area (TPSA) is 112 Å². The zero-order valence-corrected chi connectivity index (χ0v) is 19.7. The van der Waals surface area contributed by atoms with Crippen molar-refractivity contribution in [2.75, 3.05) is 5.32 Å². The van der Waals surface area contributed by atoms with E-state index in [1.54, 1.807) is 18.3 Å². The molecule has 0 bridgehead atoms. The van der Waals surface area contributed by atoms with E-state index < -0.39 is 5.54 Å². The van der Waals surface area contributed by atoms with Crippen LogP contribution in [0, 0.1) is 0 Å². The minimum atomic E-state index is -0.541. The second kappa shape index (κ2) is 7.37. The van der Waals surface area contributed by atoms with E-state index in [9.17, 15) is 4.79 Å². The van der Waals surface area contributed by atoms with E-state index in [1.807, 2.05) is 26.1 Å². The van der Waals surface area contributed by atoms with Crippen LogP contribution in [0.25, 0.3) is 10.8 Å². The van der Waals surface area contributed by atoms with E-state index in [2.05, 4.69) is 22.2 Å². The van der Waals surface area contributed by atoms with Gasteiger partial charge in [0.25, 0.3) is 0 Å². The number of nitrogens with one attached hydrogen (secondary N) is 1. The lowest BCUT2D eigenvalue weighted by atomic mass is 9.88. The van der Waals surface area contributed by atoms with Crippen LogP contribution in [-0.2, 0) is 15.7 Å². The molecule has 34 heavy (non-hydrogen) atoms. The third kappa shape index (κ3) is 3.39. The van der Waals surface area contributed by atoms with Gasteiger partial charge >= 0.3 is 5.97 Å². The molecule has 0 aromatic carbocycles. The average Bonchev–Trinajstić information content (AvgIpc) is 3.74. The molecule has 0 radical (unpaired) electrons. The molecule has 2 saturated carbocycles. The van der Waals surface area contributed by atoms with Gasteiger partial charge in [0.15, 0.2) is 0 Å². The molecule has 3 aromatic rings. The molecule has 176 valence electrons. The van der Waals surface area contributed by atoms with Gasteiger partial charge in [0.05, 0.1) is 22.1 Å². The molecule has 3 aliphatic rings. The van der Waals surface area contributed by atoms with E-state index in [0.717, 1.165) is 54.1 Å². The molecular formula is C26H29N5O3. The highest BCUT2D eigenvalue weighted by molar-refractivity contribution is 5.94. The molecule has 0 amide bonds. The van der Waals surface area contributed by atoms with E-state index in [4.69, 9.17) is 20.2 Å². The number of aromatic nitrogens is 3. The van der Waals surface area contributed by atoms with Crippen molar-refractivity contribution >= 4 is 28.4 Å². The largest absolute Gasteiger partial charge is 0.474 e. The molecular weight excluding hydrogens is 430 g/mol. The number of nitrogens with zero attached hydrogens (tertiary/aromatic N) is 3. The smallest absolute Gasteiger partial charge is 0.340 e. The second-order valence-electron chi connectivity index (χ2n) is 10.1. The molecule has 1 spiro atoms. The predicted octanol–water partition coefficient (Wildman–Crippen LogP) is 4.48. The van der Waals surface area contributed by atoms with Gasteiger partial charge in [-0.3, -0.25) is 0 Å². The highest BCUT2D eigenvalue weighted by Gasteiger charge is 2.56. The van der Waals surface area contributed by atoms with Crippen LogP contribution in [0.5, 0.6) is 5.88 Å². The lowest BCUT2D eigenvalue weighted by molar-refractivity contribution is 0.0183. The van der Waals surface area contributed by atoms with Crippen LogP contribution in [0.4, 0.5) is 11.6 Å². The highest BCUT2D eigenvalue weighted by Crippen LogP contribution is 2.54.